The molecule has 0 aliphatic heterocycles. The summed E-state index contributed by atoms with van der Waals surface area (Å²) in [6.45, 7) is 6.35. The van der Waals surface area contributed by atoms with Crippen molar-refractivity contribution in [2.45, 2.75) is 27.2 Å². The van der Waals surface area contributed by atoms with Gasteiger partial charge in [-0.1, -0.05) is 19.1 Å². The molecule has 0 unspecified atom stereocenters. The zero-order valence-corrected chi connectivity index (χ0v) is 10.3. The molecule has 0 saturated carbocycles. The molecular formula is C13H20N2. The molecule has 0 amide bonds. The Balaban J connectivity index is 3.05. The summed E-state index contributed by atoms with van der Waals surface area (Å²) in [6.07, 6.45) is 1.09. The summed E-state index contributed by atoms with van der Waals surface area (Å²) < 4.78 is 0. The van der Waals surface area contributed by atoms with Gasteiger partial charge in [0.1, 0.15) is 0 Å². The molecule has 0 aliphatic carbocycles. The average Bonchev–Trinajstić information content (AvgIpc) is 2.26. The summed E-state index contributed by atoms with van der Waals surface area (Å²) >= 11 is 0. The van der Waals surface area contributed by atoms with Crippen LogP contribution in [0.2, 0.25) is 0 Å². The van der Waals surface area contributed by atoms with Gasteiger partial charge < -0.3 is 4.90 Å². The van der Waals surface area contributed by atoms with Crippen molar-refractivity contribution in [1.82, 2.24) is 0 Å². The van der Waals surface area contributed by atoms with Gasteiger partial charge in [-0.05, 0) is 37.5 Å². The predicted molar refractivity (Wildman–Crippen MR) is 68.0 cm³/mol. The van der Waals surface area contributed by atoms with Crippen molar-refractivity contribution in [3.63, 3.8) is 0 Å². The fourth-order valence-corrected chi connectivity index (χ4v) is 1.64. The third-order valence-electron chi connectivity index (χ3n) is 2.84. The molecule has 1 aromatic rings. The van der Waals surface area contributed by atoms with Gasteiger partial charge in [0.25, 0.3) is 0 Å². The Morgan fingerprint density at radius 2 is 2.07 bits per heavy atom. The average molecular weight is 204 g/mol. The van der Waals surface area contributed by atoms with Gasteiger partial charge >= 0.3 is 0 Å². The van der Waals surface area contributed by atoms with Gasteiger partial charge in [0.15, 0.2) is 0 Å². The normalized spacial score (nSPS) is 11.7. The monoisotopic (exact) mass is 204 g/mol. The molecule has 0 N–H and O–H groups in total. The first-order valence-corrected chi connectivity index (χ1v) is 5.36. The second kappa shape index (κ2) is 4.96. The van der Waals surface area contributed by atoms with Crippen LogP contribution in [0.5, 0.6) is 0 Å². The van der Waals surface area contributed by atoms with Crippen molar-refractivity contribution >= 4 is 11.5 Å². The molecule has 2 nitrogen and oxygen atoms in total. The zero-order chi connectivity index (χ0) is 11.4. The maximum atomic E-state index is 4.19. The first kappa shape index (κ1) is 11.8. The molecule has 0 fully saturated rings. The number of hydrogen-bond acceptors (Lipinski definition) is 1. The zero-order valence-electron chi connectivity index (χ0n) is 10.3. The third kappa shape index (κ3) is 2.58. The predicted octanol–water partition coefficient (Wildman–Crippen LogP) is 3.04. The standard InChI is InChI=1S/C13H20N2/c1-6-12-7-8-13(10(2)9-12)15(5)11(3)14-4/h7-9H,6H2,1-5H3. The smallest absolute Gasteiger partial charge is 0.0995 e. The van der Waals surface area contributed by atoms with Crippen LogP contribution >= 0.6 is 0 Å². The second-order valence-electron chi connectivity index (χ2n) is 3.80. The minimum absolute atomic E-state index is 1.03. The molecule has 0 heterocycles. The quantitative estimate of drug-likeness (QED) is 0.534. The summed E-state index contributed by atoms with van der Waals surface area (Å²) in [6, 6.07) is 6.60. The van der Waals surface area contributed by atoms with Crippen molar-refractivity contribution < 1.29 is 0 Å². The van der Waals surface area contributed by atoms with Crippen molar-refractivity contribution in [2.75, 3.05) is 19.0 Å². The highest BCUT2D eigenvalue weighted by atomic mass is 15.2. The highest BCUT2D eigenvalue weighted by Gasteiger charge is 2.06. The Hall–Kier alpha value is -1.31. The largest absolute Gasteiger partial charge is 0.333 e. The molecule has 1 aromatic carbocycles. The fourth-order valence-electron chi connectivity index (χ4n) is 1.64. The van der Waals surface area contributed by atoms with Gasteiger partial charge in [0.05, 0.1) is 5.84 Å². The van der Waals surface area contributed by atoms with E-state index in [0.717, 1.165) is 12.3 Å². The van der Waals surface area contributed by atoms with Gasteiger partial charge in [-0.2, -0.15) is 0 Å². The fraction of sp³-hybridized carbons (Fsp3) is 0.462. The summed E-state index contributed by atoms with van der Waals surface area (Å²) in [4.78, 5) is 6.31. The van der Waals surface area contributed by atoms with Gasteiger partial charge in [-0.15, -0.1) is 0 Å². The third-order valence-corrected chi connectivity index (χ3v) is 2.84. The molecule has 0 radical (unpaired) electrons. The number of aryl methyl sites for hydroxylation is 2. The molecule has 1 rings (SSSR count). The summed E-state index contributed by atoms with van der Waals surface area (Å²) in [5.74, 6) is 1.03. The van der Waals surface area contributed by atoms with E-state index < -0.39 is 0 Å². The highest BCUT2D eigenvalue weighted by Crippen LogP contribution is 2.20. The molecule has 0 spiro atoms. The van der Waals surface area contributed by atoms with Crippen LogP contribution in [0.25, 0.3) is 0 Å². The van der Waals surface area contributed by atoms with Gasteiger partial charge in [-0.3, -0.25) is 4.99 Å². The van der Waals surface area contributed by atoms with Crippen LogP contribution in [0.15, 0.2) is 23.2 Å². The first-order valence-electron chi connectivity index (χ1n) is 5.36. The lowest BCUT2D eigenvalue weighted by molar-refractivity contribution is 1.12. The van der Waals surface area contributed by atoms with Crippen molar-refractivity contribution in [2.24, 2.45) is 4.99 Å². The first-order chi connectivity index (χ1) is 7.10. The number of aliphatic imine (C=N–C) groups is 1. The van der Waals surface area contributed by atoms with Crippen LogP contribution < -0.4 is 4.90 Å². The van der Waals surface area contributed by atoms with Crippen LogP contribution in [-0.2, 0) is 6.42 Å². The molecule has 82 valence electrons. The number of benzene rings is 1. The van der Waals surface area contributed by atoms with E-state index in [9.17, 15) is 0 Å². The number of amidine groups is 1. The van der Waals surface area contributed by atoms with E-state index in [4.69, 9.17) is 0 Å². The van der Waals surface area contributed by atoms with Crippen LogP contribution in [0.4, 0.5) is 5.69 Å². The highest BCUT2D eigenvalue weighted by molar-refractivity contribution is 5.96. The SMILES string of the molecule is CCc1ccc(N(C)C(C)=NC)c(C)c1. The number of anilines is 1. The Kier molecular flexibility index (Phi) is 3.89. The number of nitrogens with zero attached hydrogens (tertiary/aromatic N) is 2. The second-order valence-corrected chi connectivity index (χ2v) is 3.80. The van der Waals surface area contributed by atoms with Gasteiger partial charge in [0.2, 0.25) is 0 Å². The molecular weight excluding hydrogens is 184 g/mol. The molecule has 0 bridgehead atoms. The molecule has 0 aliphatic rings. The van der Waals surface area contributed by atoms with Gasteiger partial charge in [0, 0.05) is 19.8 Å². The molecule has 15 heavy (non-hydrogen) atoms. The topological polar surface area (TPSA) is 15.6 Å². The molecule has 0 aromatic heterocycles. The van der Waals surface area contributed by atoms with Crippen LogP contribution in [0.3, 0.4) is 0 Å². The van der Waals surface area contributed by atoms with E-state index in [1.807, 2.05) is 14.0 Å². The minimum Gasteiger partial charge on any atom is -0.333 e. The Morgan fingerprint density at radius 1 is 1.40 bits per heavy atom. The van der Waals surface area contributed by atoms with Crippen LogP contribution in [0.1, 0.15) is 25.0 Å². The maximum Gasteiger partial charge on any atom is 0.0995 e. The lowest BCUT2D eigenvalue weighted by atomic mass is 10.1. The Bertz CT molecular complexity index is 367. The maximum absolute atomic E-state index is 4.19. The van der Waals surface area contributed by atoms with Gasteiger partial charge in [-0.25, -0.2) is 0 Å². The van der Waals surface area contributed by atoms with Crippen molar-refractivity contribution in [3.8, 4) is 0 Å². The lowest BCUT2D eigenvalue weighted by Gasteiger charge is -2.21. The summed E-state index contributed by atoms with van der Waals surface area (Å²) in [5, 5.41) is 0. The molecule has 0 atom stereocenters. The van der Waals surface area contributed by atoms with E-state index in [0.29, 0.717) is 0 Å². The Labute approximate surface area is 92.6 Å². The van der Waals surface area contributed by atoms with Crippen LogP contribution in [-0.4, -0.2) is 19.9 Å². The molecule has 0 saturated heterocycles. The summed E-state index contributed by atoms with van der Waals surface area (Å²) in [5.41, 5.74) is 3.92. The number of rotatable bonds is 2. The lowest BCUT2D eigenvalue weighted by Crippen LogP contribution is -2.24. The number of hydrogen-bond donors (Lipinski definition) is 0. The van der Waals surface area contributed by atoms with E-state index in [2.05, 4.69) is 49.0 Å². The van der Waals surface area contributed by atoms with E-state index in [1.165, 1.54) is 16.8 Å². The minimum atomic E-state index is 1.03. The van der Waals surface area contributed by atoms with Crippen molar-refractivity contribution in [1.29, 1.82) is 0 Å². The van der Waals surface area contributed by atoms with Crippen LogP contribution in [0, 0.1) is 6.92 Å². The van der Waals surface area contributed by atoms with Crippen molar-refractivity contribution in [3.05, 3.63) is 29.3 Å². The van der Waals surface area contributed by atoms with E-state index in [1.54, 1.807) is 0 Å². The Morgan fingerprint density at radius 3 is 2.53 bits per heavy atom. The molecule has 2 heteroatoms. The van der Waals surface area contributed by atoms with E-state index >= 15 is 0 Å². The van der Waals surface area contributed by atoms with E-state index in [-0.39, 0.29) is 0 Å². The summed E-state index contributed by atoms with van der Waals surface area (Å²) in [7, 11) is 3.87.